The molecule has 1 amide bonds. The fourth-order valence-electron chi connectivity index (χ4n) is 0.244. The number of rotatable bonds is 1. The lowest BCUT2D eigenvalue weighted by Gasteiger charge is -2.14. The first kappa shape index (κ1) is 7.79. The molecule has 0 rings (SSSR count). The Hall–Kier alpha value is -1.21. The van der Waals surface area contributed by atoms with Crippen LogP contribution >= 0.6 is 0 Å². The van der Waals surface area contributed by atoms with E-state index in [1.54, 1.807) is 5.32 Å². The van der Waals surface area contributed by atoms with Gasteiger partial charge in [0.1, 0.15) is 0 Å². The second-order valence-corrected chi connectivity index (χ2v) is 1.65. The summed E-state index contributed by atoms with van der Waals surface area (Å²) in [6.45, 7) is 1.17. The van der Waals surface area contributed by atoms with E-state index in [0.29, 0.717) is 0 Å². The third kappa shape index (κ3) is 3.38. The van der Waals surface area contributed by atoms with Crippen LogP contribution in [0.4, 0.5) is 4.79 Å². The Bertz CT molecular complexity index is 156. The fourth-order valence-corrected chi connectivity index (χ4v) is 0.244. The summed E-state index contributed by atoms with van der Waals surface area (Å²) in [5.41, 5.74) is -1.76. The van der Waals surface area contributed by atoms with Crippen molar-refractivity contribution in [2.24, 2.45) is 0 Å². The van der Waals surface area contributed by atoms with Crippen molar-refractivity contribution in [1.29, 1.82) is 0 Å². The van der Waals surface area contributed by atoms with Gasteiger partial charge in [0.25, 0.3) is 0 Å². The number of hydrogen-bond donors (Lipinski definition) is 3. The first-order valence-corrected chi connectivity index (χ1v) is 2.19. The molecule has 0 fully saturated rings. The standard InChI is InChI=1S/C5H7NO3/c1-3-5(2,9)6-4(7)8/h1,6,9H,2H3,(H,7,8)/t5-/m1/s1. The molecule has 0 bridgehead atoms. The quantitative estimate of drug-likeness (QED) is 0.333. The van der Waals surface area contributed by atoms with Crippen LogP contribution in [-0.4, -0.2) is 22.0 Å². The molecule has 0 aliphatic heterocycles. The zero-order chi connectivity index (χ0) is 7.49. The average Bonchev–Trinajstić information content (AvgIpc) is 1.63. The summed E-state index contributed by atoms with van der Waals surface area (Å²) in [6, 6.07) is 0. The van der Waals surface area contributed by atoms with Gasteiger partial charge in [0, 0.05) is 0 Å². The van der Waals surface area contributed by atoms with E-state index in [-0.39, 0.29) is 0 Å². The predicted octanol–water partition coefficient (Wildman–Crippen LogP) is -0.404. The maximum absolute atomic E-state index is 9.81. The van der Waals surface area contributed by atoms with Crippen molar-refractivity contribution < 1.29 is 15.0 Å². The predicted molar refractivity (Wildman–Crippen MR) is 30.6 cm³/mol. The number of hydrogen-bond acceptors (Lipinski definition) is 2. The monoisotopic (exact) mass is 129 g/mol. The van der Waals surface area contributed by atoms with Crippen LogP contribution in [0.15, 0.2) is 0 Å². The van der Waals surface area contributed by atoms with Crippen LogP contribution in [0, 0.1) is 12.3 Å². The molecule has 0 aliphatic carbocycles. The molecule has 4 heteroatoms. The van der Waals surface area contributed by atoms with Gasteiger partial charge in [-0.25, -0.2) is 4.79 Å². The third-order valence-corrected chi connectivity index (χ3v) is 0.631. The van der Waals surface area contributed by atoms with E-state index >= 15 is 0 Å². The highest BCUT2D eigenvalue weighted by atomic mass is 16.4. The second kappa shape index (κ2) is 2.37. The Morgan fingerprint density at radius 3 is 2.44 bits per heavy atom. The van der Waals surface area contributed by atoms with Crippen LogP contribution in [0.25, 0.3) is 0 Å². The SMILES string of the molecule is C#C[C@@](C)(O)NC(=O)O. The van der Waals surface area contributed by atoms with E-state index in [1.807, 2.05) is 5.92 Å². The number of aliphatic hydroxyl groups is 1. The molecule has 9 heavy (non-hydrogen) atoms. The third-order valence-electron chi connectivity index (χ3n) is 0.631. The van der Waals surface area contributed by atoms with E-state index in [2.05, 4.69) is 0 Å². The van der Waals surface area contributed by atoms with Crippen molar-refractivity contribution >= 4 is 6.09 Å². The highest BCUT2D eigenvalue weighted by molar-refractivity contribution is 5.65. The molecule has 0 aliphatic rings. The van der Waals surface area contributed by atoms with Gasteiger partial charge in [0.05, 0.1) is 0 Å². The number of nitrogens with one attached hydrogen (secondary N) is 1. The molecular weight excluding hydrogens is 122 g/mol. The normalized spacial score (nSPS) is 15.2. The highest BCUT2D eigenvalue weighted by Crippen LogP contribution is 1.92. The Morgan fingerprint density at radius 2 is 2.33 bits per heavy atom. The summed E-state index contributed by atoms with van der Waals surface area (Å²) in [7, 11) is 0. The summed E-state index contributed by atoms with van der Waals surface area (Å²) < 4.78 is 0. The minimum absolute atomic E-state index is 1.17. The molecule has 0 saturated carbocycles. The van der Waals surface area contributed by atoms with E-state index in [1.165, 1.54) is 6.92 Å². The second-order valence-electron chi connectivity index (χ2n) is 1.65. The molecule has 4 nitrogen and oxygen atoms in total. The highest BCUT2D eigenvalue weighted by Gasteiger charge is 2.17. The van der Waals surface area contributed by atoms with Crippen LogP contribution < -0.4 is 5.32 Å². The summed E-state index contributed by atoms with van der Waals surface area (Å²) >= 11 is 0. The maximum atomic E-state index is 9.81. The van der Waals surface area contributed by atoms with E-state index in [4.69, 9.17) is 16.6 Å². The number of amides is 1. The first-order chi connectivity index (χ1) is 3.98. The number of terminal acetylenes is 1. The van der Waals surface area contributed by atoms with E-state index in [9.17, 15) is 4.79 Å². The van der Waals surface area contributed by atoms with Crippen LogP contribution in [0.1, 0.15) is 6.92 Å². The molecule has 50 valence electrons. The fraction of sp³-hybridized carbons (Fsp3) is 0.400. The van der Waals surface area contributed by atoms with Gasteiger partial charge >= 0.3 is 6.09 Å². The topological polar surface area (TPSA) is 69.6 Å². The van der Waals surface area contributed by atoms with Gasteiger partial charge in [-0.2, -0.15) is 0 Å². The van der Waals surface area contributed by atoms with Crippen molar-refractivity contribution in [1.82, 2.24) is 5.32 Å². The van der Waals surface area contributed by atoms with E-state index < -0.39 is 11.8 Å². The molecule has 0 aromatic rings. The summed E-state index contributed by atoms with van der Waals surface area (Å²) in [5, 5.41) is 18.5. The van der Waals surface area contributed by atoms with Crippen LogP contribution in [0.3, 0.4) is 0 Å². The molecular formula is C5H7NO3. The van der Waals surface area contributed by atoms with Gasteiger partial charge in [0.2, 0.25) is 5.72 Å². The lowest BCUT2D eigenvalue weighted by molar-refractivity contribution is 0.0805. The molecule has 3 N–H and O–H groups in total. The minimum atomic E-state index is -1.76. The van der Waals surface area contributed by atoms with E-state index in [0.717, 1.165) is 0 Å². The molecule has 0 saturated heterocycles. The molecule has 0 aromatic carbocycles. The zero-order valence-electron chi connectivity index (χ0n) is 4.88. The largest absolute Gasteiger partial charge is 0.465 e. The molecule has 0 spiro atoms. The average molecular weight is 129 g/mol. The lowest BCUT2D eigenvalue weighted by atomic mass is 10.3. The molecule has 0 aromatic heterocycles. The van der Waals surface area contributed by atoms with Crippen molar-refractivity contribution in [3.05, 3.63) is 0 Å². The number of carboxylic acid groups (broad SMARTS) is 1. The Morgan fingerprint density at radius 1 is 1.89 bits per heavy atom. The zero-order valence-corrected chi connectivity index (χ0v) is 4.88. The summed E-state index contributed by atoms with van der Waals surface area (Å²) in [6.07, 6.45) is 3.38. The molecule has 1 atom stereocenters. The molecule has 0 radical (unpaired) electrons. The van der Waals surface area contributed by atoms with Gasteiger partial charge in [-0.15, -0.1) is 6.42 Å². The first-order valence-electron chi connectivity index (χ1n) is 2.19. The Labute approximate surface area is 52.5 Å². The van der Waals surface area contributed by atoms with Gasteiger partial charge in [-0.1, -0.05) is 0 Å². The smallest absolute Gasteiger partial charge is 0.407 e. The van der Waals surface area contributed by atoms with Crippen molar-refractivity contribution in [2.45, 2.75) is 12.6 Å². The van der Waals surface area contributed by atoms with Crippen LogP contribution in [0.2, 0.25) is 0 Å². The Kier molecular flexibility index (Phi) is 2.06. The molecule has 0 unspecified atom stereocenters. The summed E-state index contributed by atoms with van der Waals surface area (Å²) in [5.74, 6) is 1.84. The van der Waals surface area contributed by atoms with Crippen molar-refractivity contribution in [3.8, 4) is 12.3 Å². The summed E-state index contributed by atoms with van der Waals surface area (Å²) in [4.78, 5) is 9.81. The van der Waals surface area contributed by atoms with Crippen molar-refractivity contribution in [2.75, 3.05) is 0 Å². The molecule has 0 heterocycles. The van der Waals surface area contributed by atoms with Gasteiger partial charge < -0.3 is 10.2 Å². The maximum Gasteiger partial charge on any atom is 0.407 e. The minimum Gasteiger partial charge on any atom is -0.465 e. The van der Waals surface area contributed by atoms with Gasteiger partial charge in [-0.3, -0.25) is 5.32 Å². The lowest BCUT2D eigenvalue weighted by Crippen LogP contribution is -2.43. The van der Waals surface area contributed by atoms with Crippen LogP contribution in [-0.2, 0) is 0 Å². The Balaban J connectivity index is 3.91. The van der Waals surface area contributed by atoms with Crippen molar-refractivity contribution in [3.63, 3.8) is 0 Å². The van der Waals surface area contributed by atoms with Gasteiger partial charge in [0.15, 0.2) is 0 Å². The van der Waals surface area contributed by atoms with Crippen LogP contribution in [0.5, 0.6) is 0 Å². The van der Waals surface area contributed by atoms with Gasteiger partial charge in [-0.05, 0) is 12.8 Å². The number of carbonyl (C=O) groups is 1.